The van der Waals surface area contributed by atoms with Gasteiger partial charge in [-0.05, 0) is 19.3 Å². The van der Waals surface area contributed by atoms with Gasteiger partial charge >= 0.3 is 23.0 Å². The van der Waals surface area contributed by atoms with Crippen LogP contribution in [-0.4, -0.2) is 26.0 Å². The van der Waals surface area contributed by atoms with Gasteiger partial charge in [-0.2, -0.15) is 0 Å². The van der Waals surface area contributed by atoms with E-state index >= 15 is 0 Å². The highest BCUT2D eigenvalue weighted by Crippen LogP contribution is 2.15. The van der Waals surface area contributed by atoms with E-state index in [0.29, 0.717) is 12.0 Å². The van der Waals surface area contributed by atoms with Crippen LogP contribution in [0, 0.1) is 0 Å². The largest absolute Gasteiger partial charge is 0.478 e. The summed E-state index contributed by atoms with van der Waals surface area (Å²) in [5.74, 6) is -0.758. The lowest BCUT2D eigenvalue weighted by molar-refractivity contribution is -0.132. The van der Waals surface area contributed by atoms with E-state index < -0.39 is 23.0 Å². The molecule has 0 amide bonds. The third-order valence-corrected chi connectivity index (χ3v) is 2.57. The summed E-state index contributed by atoms with van der Waals surface area (Å²) < 4.78 is 0. The molecule has 0 aromatic carbocycles. The number of carboxylic acid groups (broad SMARTS) is 1. The minimum Gasteiger partial charge on any atom is -0.478 e. The standard InChI is InChI=1S/C9H16O2.C3H3N3O3/c1-4-7(5-2)8(6-3)9(10)11;7-1-4-2(8)6-3(9)5-1/h4-6H2,1-3H3,(H,10,11);(H3,4,5,6,7,8,9). The van der Waals surface area contributed by atoms with Crippen LogP contribution in [0.15, 0.2) is 25.5 Å². The SMILES string of the molecule is CCC(CC)=C(CC)C(=O)O.O=c1[nH]c(=O)[nH]c(=O)[nH]1. The van der Waals surface area contributed by atoms with Crippen molar-refractivity contribution < 1.29 is 9.90 Å². The summed E-state index contributed by atoms with van der Waals surface area (Å²) in [6.45, 7) is 5.88. The predicted molar refractivity (Wildman–Crippen MR) is 73.8 cm³/mol. The van der Waals surface area contributed by atoms with Crippen molar-refractivity contribution in [2.75, 3.05) is 0 Å². The van der Waals surface area contributed by atoms with E-state index in [1.165, 1.54) is 0 Å². The summed E-state index contributed by atoms with van der Waals surface area (Å²) in [5.41, 5.74) is -0.744. The van der Waals surface area contributed by atoms with Crippen LogP contribution >= 0.6 is 0 Å². The summed E-state index contributed by atoms with van der Waals surface area (Å²) in [4.78, 5) is 46.5. The Hall–Kier alpha value is -2.38. The molecule has 0 aliphatic rings. The summed E-state index contributed by atoms with van der Waals surface area (Å²) in [7, 11) is 0. The fourth-order valence-electron chi connectivity index (χ4n) is 1.63. The van der Waals surface area contributed by atoms with Crippen molar-refractivity contribution in [2.24, 2.45) is 0 Å². The van der Waals surface area contributed by atoms with Crippen molar-refractivity contribution in [2.45, 2.75) is 40.0 Å². The van der Waals surface area contributed by atoms with Crippen molar-refractivity contribution >= 4 is 5.97 Å². The Morgan fingerprint density at radius 1 is 0.850 bits per heavy atom. The Bertz CT molecular complexity index is 551. The molecule has 4 N–H and O–H groups in total. The summed E-state index contributed by atoms with van der Waals surface area (Å²) in [6.07, 6.45) is 2.34. The maximum Gasteiger partial charge on any atom is 0.331 e. The lowest BCUT2D eigenvalue weighted by Crippen LogP contribution is -2.34. The smallest absolute Gasteiger partial charge is 0.331 e. The molecule has 0 atom stereocenters. The van der Waals surface area contributed by atoms with Gasteiger partial charge in [-0.15, -0.1) is 0 Å². The lowest BCUT2D eigenvalue weighted by atomic mass is 10.0. The zero-order chi connectivity index (χ0) is 15.7. The van der Waals surface area contributed by atoms with E-state index in [9.17, 15) is 19.2 Å². The van der Waals surface area contributed by atoms with E-state index in [1.807, 2.05) is 20.8 Å². The van der Waals surface area contributed by atoms with Gasteiger partial charge in [0.2, 0.25) is 0 Å². The third-order valence-electron chi connectivity index (χ3n) is 2.57. The first-order chi connectivity index (χ1) is 9.35. The molecular weight excluding hydrogens is 266 g/mol. The second kappa shape index (κ2) is 8.68. The number of carbonyl (C=O) groups is 1. The molecule has 0 radical (unpaired) electrons. The zero-order valence-electron chi connectivity index (χ0n) is 11.7. The van der Waals surface area contributed by atoms with Crippen molar-refractivity contribution in [1.82, 2.24) is 15.0 Å². The molecule has 112 valence electrons. The first kappa shape index (κ1) is 17.6. The minimum atomic E-state index is -0.802. The predicted octanol–water partition coefficient (Wildman–Crippen LogP) is 0.349. The fraction of sp³-hybridized carbons (Fsp3) is 0.500. The fourth-order valence-corrected chi connectivity index (χ4v) is 1.63. The Morgan fingerprint density at radius 2 is 1.20 bits per heavy atom. The molecule has 1 aromatic rings. The number of H-pyrrole nitrogens is 3. The number of aromatic amines is 3. The molecule has 8 heteroatoms. The maximum atomic E-state index is 10.6. The highest BCUT2D eigenvalue weighted by molar-refractivity contribution is 5.87. The highest BCUT2D eigenvalue weighted by atomic mass is 16.4. The second-order valence-electron chi connectivity index (χ2n) is 3.81. The van der Waals surface area contributed by atoms with Crippen LogP contribution in [0.2, 0.25) is 0 Å². The number of rotatable bonds is 4. The number of hydrogen-bond donors (Lipinski definition) is 4. The van der Waals surface area contributed by atoms with Crippen LogP contribution in [0.5, 0.6) is 0 Å². The van der Waals surface area contributed by atoms with Crippen molar-refractivity contribution in [3.05, 3.63) is 42.6 Å². The van der Waals surface area contributed by atoms with Crippen LogP contribution in [0.4, 0.5) is 0 Å². The Kier molecular flexibility index (Phi) is 7.64. The van der Waals surface area contributed by atoms with E-state index in [1.54, 1.807) is 15.0 Å². The molecule has 0 spiro atoms. The number of carboxylic acids is 1. The Balaban J connectivity index is 0.000000367. The molecule has 8 nitrogen and oxygen atoms in total. The van der Waals surface area contributed by atoms with Gasteiger partial charge in [-0.3, -0.25) is 15.0 Å². The molecule has 1 heterocycles. The van der Waals surface area contributed by atoms with E-state index in [0.717, 1.165) is 18.4 Å². The second-order valence-corrected chi connectivity index (χ2v) is 3.81. The zero-order valence-corrected chi connectivity index (χ0v) is 11.7. The van der Waals surface area contributed by atoms with Crippen LogP contribution in [0.3, 0.4) is 0 Å². The molecule has 0 saturated heterocycles. The van der Waals surface area contributed by atoms with Gasteiger partial charge < -0.3 is 5.11 Å². The van der Waals surface area contributed by atoms with Gasteiger partial charge in [-0.1, -0.05) is 26.3 Å². The normalized spacial score (nSPS) is 9.35. The summed E-state index contributed by atoms with van der Waals surface area (Å²) in [6, 6.07) is 0. The molecule has 0 unspecified atom stereocenters. The number of nitrogens with one attached hydrogen (secondary N) is 3. The van der Waals surface area contributed by atoms with E-state index in [2.05, 4.69) is 0 Å². The molecule has 0 aliphatic heterocycles. The van der Waals surface area contributed by atoms with Crippen molar-refractivity contribution in [1.29, 1.82) is 0 Å². The number of aliphatic carboxylic acids is 1. The molecular formula is C12H19N3O5. The summed E-state index contributed by atoms with van der Waals surface area (Å²) in [5, 5.41) is 8.75. The van der Waals surface area contributed by atoms with Crippen LogP contribution in [0.25, 0.3) is 0 Å². The van der Waals surface area contributed by atoms with E-state index in [-0.39, 0.29) is 0 Å². The van der Waals surface area contributed by atoms with Crippen molar-refractivity contribution in [3.8, 4) is 0 Å². The Labute approximate surface area is 114 Å². The van der Waals surface area contributed by atoms with Crippen LogP contribution in [-0.2, 0) is 4.79 Å². The maximum absolute atomic E-state index is 10.6. The van der Waals surface area contributed by atoms with Crippen molar-refractivity contribution in [3.63, 3.8) is 0 Å². The lowest BCUT2D eigenvalue weighted by Gasteiger charge is -2.05. The quantitative estimate of drug-likeness (QED) is 0.592. The number of allylic oxidation sites excluding steroid dienone is 1. The third kappa shape index (κ3) is 5.98. The number of aromatic nitrogens is 3. The van der Waals surface area contributed by atoms with Gasteiger partial charge in [0.1, 0.15) is 0 Å². The first-order valence-electron chi connectivity index (χ1n) is 6.22. The molecule has 0 aliphatic carbocycles. The highest BCUT2D eigenvalue weighted by Gasteiger charge is 2.08. The van der Waals surface area contributed by atoms with Crippen LogP contribution < -0.4 is 17.1 Å². The van der Waals surface area contributed by atoms with Gasteiger partial charge in [0, 0.05) is 5.57 Å². The topological polar surface area (TPSA) is 136 Å². The minimum absolute atomic E-state index is 0.593. The average molecular weight is 285 g/mol. The Morgan fingerprint density at radius 3 is 1.35 bits per heavy atom. The summed E-state index contributed by atoms with van der Waals surface area (Å²) >= 11 is 0. The van der Waals surface area contributed by atoms with Gasteiger partial charge in [-0.25, -0.2) is 19.2 Å². The molecule has 1 aromatic heterocycles. The van der Waals surface area contributed by atoms with Gasteiger partial charge in [0.05, 0.1) is 0 Å². The van der Waals surface area contributed by atoms with Crippen LogP contribution in [0.1, 0.15) is 40.0 Å². The average Bonchev–Trinajstić information content (AvgIpc) is 2.34. The van der Waals surface area contributed by atoms with E-state index in [4.69, 9.17) is 5.11 Å². The van der Waals surface area contributed by atoms with Gasteiger partial charge in [0.25, 0.3) is 0 Å². The molecule has 1 rings (SSSR count). The molecule has 20 heavy (non-hydrogen) atoms. The molecule has 0 bridgehead atoms. The molecule has 0 fully saturated rings. The molecule has 0 saturated carbocycles. The monoisotopic (exact) mass is 285 g/mol. The van der Waals surface area contributed by atoms with Gasteiger partial charge in [0.15, 0.2) is 0 Å². The first-order valence-corrected chi connectivity index (χ1v) is 6.22. The number of hydrogen-bond acceptors (Lipinski definition) is 4.